The van der Waals surface area contributed by atoms with Gasteiger partial charge in [0.2, 0.25) is 0 Å². The van der Waals surface area contributed by atoms with Gasteiger partial charge in [-0.25, -0.2) is 0 Å². The molecule has 0 aromatic heterocycles. The van der Waals surface area contributed by atoms with Crippen LogP contribution in [0.1, 0.15) is 58.8 Å². The molecule has 0 spiro atoms. The van der Waals surface area contributed by atoms with Gasteiger partial charge in [-0.2, -0.15) is 0 Å². The van der Waals surface area contributed by atoms with Crippen molar-refractivity contribution in [3.05, 3.63) is 0 Å². The van der Waals surface area contributed by atoms with Crippen LogP contribution in [0, 0.1) is 5.41 Å². The van der Waals surface area contributed by atoms with Crippen LogP contribution in [0.4, 0.5) is 0 Å². The van der Waals surface area contributed by atoms with Crippen LogP contribution in [0.3, 0.4) is 0 Å². The first-order valence-electron chi connectivity index (χ1n) is 6.02. The molecule has 0 aliphatic heterocycles. The number of rotatable bonds is 9. The molecule has 0 saturated heterocycles. The molecule has 0 fully saturated rings. The van der Waals surface area contributed by atoms with Gasteiger partial charge in [-0.15, -0.1) is 0 Å². The van der Waals surface area contributed by atoms with Gasteiger partial charge in [-0.3, -0.25) is 0 Å². The van der Waals surface area contributed by atoms with Crippen LogP contribution in [0.2, 0.25) is 0 Å². The lowest BCUT2D eigenvalue weighted by atomic mass is 9.87. The van der Waals surface area contributed by atoms with Crippen molar-refractivity contribution in [1.29, 1.82) is 0 Å². The lowest BCUT2D eigenvalue weighted by Gasteiger charge is -2.21. The summed E-state index contributed by atoms with van der Waals surface area (Å²) in [4.78, 5) is 0. The average Bonchev–Trinajstić information content (AvgIpc) is 2.16. The quantitative estimate of drug-likeness (QED) is 0.562. The molecule has 0 heterocycles. The standard InChI is InChI=1S/C12H28N2/c1-12(2,11-14)9-7-5-3-4-6-8-10-13/h3-11,13-14H2,1-2H3. The Morgan fingerprint density at radius 3 is 1.79 bits per heavy atom. The Balaban J connectivity index is 3.13. The van der Waals surface area contributed by atoms with E-state index in [0.29, 0.717) is 5.41 Å². The minimum atomic E-state index is 0.345. The van der Waals surface area contributed by atoms with Gasteiger partial charge in [0.1, 0.15) is 0 Å². The molecular weight excluding hydrogens is 172 g/mol. The molecule has 86 valence electrons. The summed E-state index contributed by atoms with van der Waals surface area (Å²) in [6, 6.07) is 0. The van der Waals surface area contributed by atoms with Crippen LogP contribution in [0.5, 0.6) is 0 Å². The van der Waals surface area contributed by atoms with E-state index in [-0.39, 0.29) is 0 Å². The fraction of sp³-hybridized carbons (Fsp3) is 1.00. The Morgan fingerprint density at radius 2 is 1.29 bits per heavy atom. The molecule has 0 rings (SSSR count). The predicted octanol–water partition coefficient (Wildman–Crippen LogP) is 2.66. The van der Waals surface area contributed by atoms with Crippen molar-refractivity contribution >= 4 is 0 Å². The topological polar surface area (TPSA) is 52.0 Å². The Labute approximate surface area is 89.4 Å². The van der Waals surface area contributed by atoms with Crippen molar-refractivity contribution < 1.29 is 0 Å². The van der Waals surface area contributed by atoms with Crippen molar-refractivity contribution in [3.8, 4) is 0 Å². The lowest BCUT2D eigenvalue weighted by molar-refractivity contribution is 0.330. The van der Waals surface area contributed by atoms with E-state index in [4.69, 9.17) is 11.5 Å². The van der Waals surface area contributed by atoms with E-state index in [1.807, 2.05) is 0 Å². The Kier molecular flexibility index (Phi) is 8.20. The zero-order valence-corrected chi connectivity index (χ0v) is 10.0. The average molecular weight is 200 g/mol. The van der Waals surface area contributed by atoms with Crippen LogP contribution < -0.4 is 11.5 Å². The van der Waals surface area contributed by atoms with E-state index < -0.39 is 0 Å². The van der Waals surface area contributed by atoms with Crippen molar-refractivity contribution in [2.45, 2.75) is 58.8 Å². The Hall–Kier alpha value is -0.0800. The summed E-state index contributed by atoms with van der Waals surface area (Å²) in [6.07, 6.45) is 9.15. The molecule has 0 radical (unpaired) electrons. The van der Waals surface area contributed by atoms with Gasteiger partial charge in [0.15, 0.2) is 0 Å². The highest BCUT2D eigenvalue weighted by molar-refractivity contribution is 4.68. The fourth-order valence-electron chi connectivity index (χ4n) is 1.56. The molecule has 2 nitrogen and oxygen atoms in total. The molecule has 0 aromatic rings. The summed E-state index contributed by atoms with van der Waals surface area (Å²) in [7, 11) is 0. The predicted molar refractivity (Wildman–Crippen MR) is 64.2 cm³/mol. The maximum Gasteiger partial charge on any atom is -0.00258 e. The number of nitrogens with two attached hydrogens (primary N) is 2. The van der Waals surface area contributed by atoms with Gasteiger partial charge in [0.05, 0.1) is 0 Å². The lowest BCUT2D eigenvalue weighted by Crippen LogP contribution is -2.23. The first-order valence-corrected chi connectivity index (χ1v) is 6.02. The van der Waals surface area contributed by atoms with E-state index >= 15 is 0 Å². The monoisotopic (exact) mass is 200 g/mol. The summed E-state index contributed by atoms with van der Waals surface area (Å²) < 4.78 is 0. The number of hydrogen-bond acceptors (Lipinski definition) is 2. The summed E-state index contributed by atoms with van der Waals surface area (Å²) in [6.45, 7) is 6.16. The SMILES string of the molecule is CC(C)(CN)CCCCCCCCN. The molecule has 0 unspecified atom stereocenters. The first-order chi connectivity index (χ1) is 6.62. The molecule has 0 amide bonds. The smallest absolute Gasteiger partial charge is 0.00258 e. The zero-order valence-electron chi connectivity index (χ0n) is 10.0. The van der Waals surface area contributed by atoms with Crippen LogP contribution in [0.15, 0.2) is 0 Å². The molecule has 0 saturated carbocycles. The maximum absolute atomic E-state index is 5.67. The number of unbranched alkanes of at least 4 members (excludes halogenated alkanes) is 5. The van der Waals surface area contributed by atoms with E-state index in [1.165, 1.54) is 44.9 Å². The highest BCUT2D eigenvalue weighted by Crippen LogP contribution is 2.22. The zero-order chi connectivity index (χ0) is 10.9. The van der Waals surface area contributed by atoms with Crippen LogP contribution in [0.25, 0.3) is 0 Å². The van der Waals surface area contributed by atoms with Crippen LogP contribution in [-0.2, 0) is 0 Å². The van der Waals surface area contributed by atoms with E-state index in [2.05, 4.69) is 13.8 Å². The number of hydrogen-bond donors (Lipinski definition) is 2. The van der Waals surface area contributed by atoms with Crippen molar-refractivity contribution in [1.82, 2.24) is 0 Å². The third-order valence-electron chi connectivity index (χ3n) is 2.86. The van der Waals surface area contributed by atoms with Crippen molar-refractivity contribution in [2.75, 3.05) is 13.1 Å². The third-order valence-corrected chi connectivity index (χ3v) is 2.86. The summed E-state index contributed by atoms with van der Waals surface area (Å²) in [5, 5.41) is 0. The maximum atomic E-state index is 5.67. The highest BCUT2D eigenvalue weighted by atomic mass is 14.6. The van der Waals surface area contributed by atoms with Crippen molar-refractivity contribution in [3.63, 3.8) is 0 Å². The summed E-state index contributed by atoms with van der Waals surface area (Å²) in [5.41, 5.74) is 11.4. The van der Waals surface area contributed by atoms with Gasteiger partial charge in [-0.1, -0.05) is 46.0 Å². The molecule has 0 atom stereocenters. The Morgan fingerprint density at radius 1 is 0.786 bits per heavy atom. The summed E-state index contributed by atoms with van der Waals surface area (Å²) >= 11 is 0. The largest absolute Gasteiger partial charge is 0.330 e. The van der Waals surface area contributed by atoms with Gasteiger partial charge in [-0.05, 0) is 31.3 Å². The van der Waals surface area contributed by atoms with E-state index in [0.717, 1.165) is 13.1 Å². The minimum absolute atomic E-state index is 0.345. The first kappa shape index (κ1) is 13.9. The third kappa shape index (κ3) is 8.52. The molecule has 0 aromatic carbocycles. The molecule has 0 bridgehead atoms. The molecule has 14 heavy (non-hydrogen) atoms. The molecule has 0 aliphatic rings. The molecular formula is C12H28N2. The minimum Gasteiger partial charge on any atom is -0.330 e. The van der Waals surface area contributed by atoms with Gasteiger partial charge < -0.3 is 11.5 Å². The normalized spacial score (nSPS) is 12.0. The van der Waals surface area contributed by atoms with Crippen LogP contribution in [-0.4, -0.2) is 13.1 Å². The van der Waals surface area contributed by atoms with E-state index in [9.17, 15) is 0 Å². The van der Waals surface area contributed by atoms with Gasteiger partial charge in [0.25, 0.3) is 0 Å². The second-order valence-corrected chi connectivity index (χ2v) is 5.03. The van der Waals surface area contributed by atoms with Crippen LogP contribution >= 0.6 is 0 Å². The molecule has 4 N–H and O–H groups in total. The van der Waals surface area contributed by atoms with Gasteiger partial charge in [0, 0.05) is 0 Å². The van der Waals surface area contributed by atoms with Crippen molar-refractivity contribution in [2.24, 2.45) is 16.9 Å². The second-order valence-electron chi connectivity index (χ2n) is 5.03. The Bertz CT molecular complexity index is 121. The van der Waals surface area contributed by atoms with E-state index in [1.54, 1.807) is 0 Å². The summed E-state index contributed by atoms with van der Waals surface area (Å²) in [5.74, 6) is 0. The fourth-order valence-corrected chi connectivity index (χ4v) is 1.56. The molecule has 0 aliphatic carbocycles. The second kappa shape index (κ2) is 8.25. The highest BCUT2D eigenvalue weighted by Gasteiger charge is 2.13. The molecule has 2 heteroatoms. The van der Waals surface area contributed by atoms with Gasteiger partial charge >= 0.3 is 0 Å².